The van der Waals surface area contributed by atoms with Crippen molar-refractivity contribution in [3.05, 3.63) is 35.1 Å². The summed E-state index contributed by atoms with van der Waals surface area (Å²) in [5.74, 6) is -3.46. The number of aliphatic carboxylic acids is 1. The molecular formula is C11H11FO6. The number of rotatable bonds is 4. The minimum atomic E-state index is -2.15. The van der Waals surface area contributed by atoms with Crippen molar-refractivity contribution < 1.29 is 34.0 Å². The van der Waals surface area contributed by atoms with Gasteiger partial charge < -0.3 is 20.1 Å². The Bertz CT molecular complexity index is 473. The first-order chi connectivity index (χ1) is 8.38. The molecule has 0 spiro atoms. The highest BCUT2D eigenvalue weighted by atomic mass is 19.1. The number of carboxylic acid groups (broad SMARTS) is 1. The van der Waals surface area contributed by atoms with Crippen LogP contribution in [0, 0.1) is 5.82 Å². The van der Waals surface area contributed by atoms with Crippen LogP contribution in [0.25, 0.3) is 0 Å². The van der Waals surface area contributed by atoms with Crippen LogP contribution < -0.4 is 0 Å². The minimum absolute atomic E-state index is 0.0873. The van der Waals surface area contributed by atoms with Crippen LogP contribution in [0.5, 0.6) is 0 Å². The third kappa shape index (κ3) is 2.82. The fourth-order valence-electron chi connectivity index (χ4n) is 1.32. The third-order valence-electron chi connectivity index (χ3n) is 2.29. The third-order valence-corrected chi connectivity index (χ3v) is 2.29. The summed E-state index contributed by atoms with van der Waals surface area (Å²) in [6, 6.07) is 2.96. The minimum Gasteiger partial charge on any atom is -0.479 e. The van der Waals surface area contributed by atoms with Crippen LogP contribution in [-0.2, 0) is 9.53 Å². The number of methoxy groups -OCH3 is 1. The molecule has 0 amide bonds. The predicted octanol–water partition coefficient (Wildman–Crippen LogP) is 0.0912. The number of ether oxygens (including phenoxy) is 1. The number of esters is 1. The van der Waals surface area contributed by atoms with Gasteiger partial charge in [0.15, 0.2) is 6.10 Å². The van der Waals surface area contributed by atoms with Crippen molar-refractivity contribution in [2.75, 3.05) is 7.11 Å². The van der Waals surface area contributed by atoms with Crippen molar-refractivity contribution in [1.29, 1.82) is 0 Å². The van der Waals surface area contributed by atoms with Gasteiger partial charge in [-0.05, 0) is 12.1 Å². The lowest BCUT2D eigenvalue weighted by Gasteiger charge is -2.15. The fourth-order valence-corrected chi connectivity index (χ4v) is 1.32. The lowest BCUT2D eigenvalue weighted by molar-refractivity contribution is -0.153. The molecule has 0 fully saturated rings. The molecular weight excluding hydrogens is 247 g/mol. The quantitative estimate of drug-likeness (QED) is 0.661. The van der Waals surface area contributed by atoms with Crippen molar-refractivity contribution in [1.82, 2.24) is 0 Å². The molecule has 0 aliphatic rings. The van der Waals surface area contributed by atoms with E-state index in [9.17, 15) is 19.1 Å². The predicted molar refractivity (Wildman–Crippen MR) is 56.3 cm³/mol. The van der Waals surface area contributed by atoms with Gasteiger partial charge in [0.2, 0.25) is 0 Å². The van der Waals surface area contributed by atoms with Crippen LogP contribution in [0.4, 0.5) is 4.39 Å². The average Bonchev–Trinajstić information content (AvgIpc) is 2.35. The maximum Gasteiger partial charge on any atom is 0.337 e. The fraction of sp³-hybridized carbons (Fsp3) is 0.273. The summed E-state index contributed by atoms with van der Waals surface area (Å²) in [5, 5.41) is 27.0. The van der Waals surface area contributed by atoms with E-state index < -0.39 is 35.5 Å². The van der Waals surface area contributed by atoms with Crippen LogP contribution >= 0.6 is 0 Å². The van der Waals surface area contributed by atoms with E-state index >= 15 is 0 Å². The van der Waals surface area contributed by atoms with Crippen LogP contribution in [0.2, 0.25) is 0 Å². The molecule has 18 heavy (non-hydrogen) atoms. The molecule has 1 aromatic carbocycles. The number of aliphatic hydroxyl groups excluding tert-OH is 2. The van der Waals surface area contributed by atoms with Crippen molar-refractivity contribution in [3.63, 3.8) is 0 Å². The second-order valence-electron chi connectivity index (χ2n) is 3.46. The number of halogens is 1. The van der Waals surface area contributed by atoms with E-state index in [2.05, 4.69) is 4.74 Å². The number of carbonyl (C=O) groups excluding carboxylic acids is 1. The Labute approximate surface area is 101 Å². The summed E-state index contributed by atoms with van der Waals surface area (Å²) in [6.07, 6.45) is -4.07. The van der Waals surface area contributed by atoms with Gasteiger partial charge in [0.1, 0.15) is 11.9 Å². The largest absolute Gasteiger partial charge is 0.479 e. The smallest absolute Gasteiger partial charge is 0.337 e. The second kappa shape index (κ2) is 5.56. The van der Waals surface area contributed by atoms with E-state index in [0.717, 1.165) is 25.3 Å². The molecule has 1 aromatic rings. The molecule has 7 heteroatoms. The van der Waals surface area contributed by atoms with Crippen molar-refractivity contribution in [2.24, 2.45) is 0 Å². The lowest BCUT2D eigenvalue weighted by atomic mass is 10.0. The molecule has 0 radical (unpaired) electrons. The maximum atomic E-state index is 13.5. The topological polar surface area (TPSA) is 104 Å². The van der Waals surface area contributed by atoms with Gasteiger partial charge in [0.05, 0.1) is 12.7 Å². The molecule has 0 heterocycles. The zero-order valence-electron chi connectivity index (χ0n) is 9.33. The van der Waals surface area contributed by atoms with Gasteiger partial charge in [-0.3, -0.25) is 0 Å². The van der Waals surface area contributed by atoms with Gasteiger partial charge in [0.25, 0.3) is 0 Å². The Kier molecular flexibility index (Phi) is 4.35. The van der Waals surface area contributed by atoms with Crippen molar-refractivity contribution in [2.45, 2.75) is 12.2 Å². The molecule has 98 valence electrons. The summed E-state index contributed by atoms with van der Waals surface area (Å²) >= 11 is 0. The molecule has 1 rings (SSSR count). The monoisotopic (exact) mass is 258 g/mol. The summed E-state index contributed by atoms with van der Waals surface area (Å²) in [7, 11) is 1.12. The summed E-state index contributed by atoms with van der Waals surface area (Å²) in [4.78, 5) is 21.5. The first-order valence-electron chi connectivity index (χ1n) is 4.85. The molecule has 0 bridgehead atoms. The maximum absolute atomic E-state index is 13.5. The number of hydrogen-bond donors (Lipinski definition) is 3. The van der Waals surface area contributed by atoms with Crippen LogP contribution in [-0.4, -0.2) is 40.5 Å². The van der Waals surface area contributed by atoms with Gasteiger partial charge >= 0.3 is 11.9 Å². The van der Waals surface area contributed by atoms with Gasteiger partial charge in [0, 0.05) is 5.56 Å². The molecule has 2 atom stereocenters. The van der Waals surface area contributed by atoms with E-state index in [1.165, 1.54) is 0 Å². The molecule has 0 saturated carbocycles. The summed E-state index contributed by atoms with van der Waals surface area (Å²) in [5.41, 5.74) is -0.506. The molecule has 0 aliphatic heterocycles. The van der Waals surface area contributed by atoms with Crippen molar-refractivity contribution >= 4 is 11.9 Å². The number of carboxylic acids is 1. The number of carbonyl (C=O) groups is 2. The van der Waals surface area contributed by atoms with E-state index in [0.29, 0.717) is 0 Å². The molecule has 3 N–H and O–H groups in total. The van der Waals surface area contributed by atoms with Gasteiger partial charge in [-0.15, -0.1) is 0 Å². The first kappa shape index (κ1) is 14.1. The highest BCUT2D eigenvalue weighted by molar-refractivity contribution is 5.89. The van der Waals surface area contributed by atoms with Crippen LogP contribution in [0.15, 0.2) is 18.2 Å². The molecule has 6 nitrogen and oxygen atoms in total. The van der Waals surface area contributed by atoms with Crippen LogP contribution in [0.1, 0.15) is 22.0 Å². The van der Waals surface area contributed by atoms with Gasteiger partial charge in [-0.1, -0.05) is 6.07 Å². The lowest BCUT2D eigenvalue weighted by Crippen LogP contribution is -2.28. The Hall–Kier alpha value is -1.99. The Balaban J connectivity index is 3.06. The normalized spacial score (nSPS) is 13.8. The number of hydrogen-bond acceptors (Lipinski definition) is 5. The Morgan fingerprint density at radius 2 is 1.94 bits per heavy atom. The highest BCUT2D eigenvalue weighted by Crippen LogP contribution is 2.21. The zero-order valence-corrected chi connectivity index (χ0v) is 9.33. The van der Waals surface area contributed by atoms with Gasteiger partial charge in [-0.2, -0.15) is 0 Å². The first-order valence-corrected chi connectivity index (χ1v) is 4.85. The van der Waals surface area contributed by atoms with Crippen molar-refractivity contribution in [3.8, 4) is 0 Å². The summed E-state index contributed by atoms with van der Waals surface area (Å²) < 4.78 is 17.9. The highest BCUT2D eigenvalue weighted by Gasteiger charge is 2.27. The Morgan fingerprint density at radius 1 is 1.33 bits per heavy atom. The number of benzene rings is 1. The molecule has 0 aromatic heterocycles. The standard InChI is InChI=1S/C11H11FO6/c1-18-11(17)5-2-3-6(7(12)4-5)8(13)9(14)10(15)16/h2-4,8-9,13-14H,1H3,(H,15,16). The SMILES string of the molecule is COC(=O)c1ccc(C(O)C(O)C(=O)O)c(F)c1. The second-order valence-corrected chi connectivity index (χ2v) is 3.46. The van der Waals surface area contributed by atoms with E-state index in [4.69, 9.17) is 10.2 Å². The number of aliphatic hydroxyl groups is 2. The van der Waals surface area contributed by atoms with Gasteiger partial charge in [-0.25, -0.2) is 14.0 Å². The zero-order chi connectivity index (χ0) is 13.9. The van der Waals surface area contributed by atoms with Crippen LogP contribution in [0.3, 0.4) is 0 Å². The molecule has 0 aliphatic carbocycles. The Morgan fingerprint density at radius 3 is 2.39 bits per heavy atom. The van der Waals surface area contributed by atoms with E-state index in [-0.39, 0.29) is 5.56 Å². The average molecular weight is 258 g/mol. The van der Waals surface area contributed by atoms with E-state index in [1.807, 2.05) is 0 Å². The van der Waals surface area contributed by atoms with E-state index in [1.54, 1.807) is 0 Å². The summed E-state index contributed by atoms with van der Waals surface area (Å²) in [6.45, 7) is 0. The molecule has 2 unspecified atom stereocenters. The molecule has 0 saturated heterocycles.